The zero-order valence-corrected chi connectivity index (χ0v) is 16.4. The van der Waals surface area contributed by atoms with Gasteiger partial charge >= 0.3 is 0 Å². The van der Waals surface area contributed by atoms with Crippen molar-refractivity contribution in [3.8, 4) is 11.5 Å². The van der Waals surface area contributed by atoms with Crippen molar-refractivity contribution in [3.63, 3.8) is 0 Å². The van der Waals surface area contributed by atoms with E-state index in [0.29, 0.717) is 46.0 Å². The third-order valence-electron chi connectivity index (χ3n) is 4.50. The molecule has 0 fully saturated rings. The number of rotatable bonds is 4. The average molecular weight is 419 g/mol. The molecule has 0 bridgehead atoms. The zero-order valence-electron chi connectivity index (χ0n) is 14.9. The second-order valence-corrected chi connectivity index (χ2v) is 7.06. The van der Waals surface area contributed by atoms with E-state index in [0.717, 1.165) is 0 Å². The molecule has 8 heteroatoms. The molecule has 1 N–H and O–H groups in total. The zero-order chi connectivity index (χ0) is 19.8. The van der Waals surface area contributed by atoms with Crippen LogP contribution in [0.2, 0.25) is 10.0 Å². The first-order valence-corrected chi connectivity index (χ1v) is 9.47. The molecule has 0 unspecified atom stereocenters. The predicted octanol–water partition coefficient (Wildman–Crippen LogP) is 3.98. The number of halogens is 2. The standard InChI is InChI=1S/C20H16Cl2N2O4/c1-2-24-19(25)17(13-5-3-11(21)9-14(13)22)18(20(24)26)23-12-4-6-15-16(10-12)28-8-7-27-15/h3-6,9-10,23H,2,7-8H2,1H3. The van der Waals surface area contributed by atoms with E-state index < -0.39 is 11.8 Å². The molecule has 0 aromatic heterocycles. The summed E-state index contributed by atoms with van der Waals surface area (Å²) < 4.78 is 11.1. The number of hydrogen-bond acceptors (Lipinski definition) is 5. The van der Waals surface area contributed by atoms with Gasteiger partial charge in [-0.15, -0.1) is 0 Å². The molecule has 0 aliphatic carbocycles. The number of carbonyl (C=O) groups is 2. The van der Waals surface area contributed by atoms with Crippen LogP contribution < -0.4 is 14.8 Å². The van der Waals surface area contributed by atoms with Gasteiger partial charge in [0.05, 0.1) is 10.6 Å². The van der Waals surface area contributed by atoms with Crippen molar-refractivity contribution in [1.29, 1.82) is 0 Å². The fraction of sp³-hybridized carbons (Fsp3) is 0.200. The number of nitrogens with zero attached hydrogens (tertiary/aromatic N) is 1. The molecule has 6 nitrogen and oxygen atoms in total. The minimum absolute atomic E-state index is 0.160. The molecule has 0 atom stereocenters. The van der Waals surface area contributed by atoms with Gasteiger partial charge in [0.15, 0.2) is 11.5 Å². The summed E-state index contributed by atoms with van der Waals surface area (Å²) in [6, 6.07) is 10.0. The van der Waals surface area contributed by atoms with Crippen LogP contribution in [0.5, 0.6) is 11.5 Å². The number of likely N-dealkylation sites (N-methyl/N-ethyl adjacent to an activating group) is 1. The number of hydrogen-bond donors (Lipinski definition) is 1. The minimum Gasteiger partial charge on any atom is -0.486 e. The van der Waals surface area contributed by atoms with Crippen LogP contribution in [0.15, 0.2) is 42.1 Å². The Kier molecular flexibility index (Phi) is 4.91. The van der Waals surface area contributed by atoms with Gasteiger partial charge in [0.25, 0.3) is 11.8 Å². The Balaban J connectivity index is 1.79. The molecule has 2 aromatic carbocycles. The smallest absolute Gasteiger partial charge is 0.278 e. The van der Waals surface area contributed by atoms with Crippen LogP contribution in [0.4, 0.5) is 5.69 Å². The molecule has 4 rings (SSSR count). The number of benzene rings is 2. The molecule has 2 aliphatic rings. The summed E-state index contributed by atoms with van der Waals surface area (Å²) in [5.41, 5.74) is 1.41. The SMILES string of the molecule is CCN1C(=O)C(Nc2ccc3c(c2)OCCO3)=C(c2ccc(Cl)cc2Cl)C1=O. The summed E-state index contributed by atoms with van der Waals surface area (Å²) in [5, 5.41) is 3.81. The molecule has 2 aliphatic heterocycles. The predicted molar refractivity (Wildman–Crippen MR) is 107 cm³/mol. The minimum atomic E-state index is -0.414. The van der Waals surface area contributed by atoms with Crippen LogP contribution >= 0.6 is 23.2 Å². The Morgan fingerprint density at radius 1 is 1.00 bits per heavy atom. The molecule has 0 saturated carbocycles. The molecular weight excluding hydrogens is 403 g/mol. The lowest BCUT2D eigenvalue weighted by Gasteiger charge is -2.19. The highest BCUT2D eigenvalue weighted by atomic mass is 35.5. The molecular formula is C20H16Cl2N2O4. The topological polar surface area (TPSA) is 67.9 Å². The van der Waals surface area contributed by atoms with Crippen molar-refractivity contribution in [2.75, 3.05) is 25.1 Å². The second-order valence-electron chi connectivity index (χ2n) is 6.21. The number of nitrogens with one attached hydrogen (secondary N) is 1. The maximum atomic E-state index is 12.9. The van der Waals surface area contributed by atoms with Crippen LogP contribution in [0.1, 0.15) is 12.5 Å². The van der Waals surface area contributed by atoms with E-state index in [2.05, 4.69) is 5.32 Å². The quantitative estimate of drug-likeness (QED) is 0.760. The van der Waals surface area contributed by atoms with Gasteiger partial charge in [0.2, 0.25) is 0 Å². The summed E-state index contributed by atoms with van der Waals surface area (Å²) in [4.78, 5) is 26.9. The lowest BCUT2D eigenvalue weighted by atomic mass is 10.0. The Labute approximate surface area is 171 Å². The molecule has 0 saturated heterocycles. The van der Waals surface area contributed by atoms with Gasteiger partial charge in [0, 0.05) is 28.9 Å². The summed E-state index contributed by atoms with van der Waals surface area (Å²) >= 11 is 12.3. The fourth-order valence-electron chi connectivity index (χ4n) is 3.19. The molecule has 0 spiro atoms. The monoisotopic (exact) mass is 418 g/mol. The Morgan fingerprint density at radius 2 is 1.75 bits per heavy atom. The number of fused-ring (bicyclic) bond motifs is 1. The normalized spacial score (nSPS) is 16.0. The average Bonchev–Trinajstić information content (AvgIpc) is 2.91. The van der Waals surface area contributed by atoms with Gasteiger partial charge in [-0.1, -0.05) is 29.3 Å². The van der Waals surface area contributed by atoms with E-state index in [1.165, 1.54) is 4.90 Å². The first-order chi connectivity index (χ1) is 13.5. The summed E-state index contributed by atoms with van der Waals surface area (Å²) in [6.45, 7) is 2.93. The van der Waals surface area contributed by atoms with E-state index in [1.807, 2.05) is 0 Å². The first kappa shape index (κ1) is 18.7. The van der Waals surface area contributed by atoms with E-state index >= 15 is 0 Å². The Bertz CT molecular complexity index is 1020. The van der Waals surface area contributed by atoms with E-state index in [9.17, 15) is 9.59 Å². The maximum absolute atomic E-state index is 12.9. The van der Waals surface area contributed by atoms with Gasteiger partial charge in [-0.05, 0) is 31.2 Å². The molecule has 2 aromatic rings. The number of ether oxygens (including phenoxy) is 2. The number of amides is 2. The molecule has 2 heterocycles. The molecule has 144 valence electrons. The highest BCUT2D eigenvalue weighted by Gasteiger charge is 2.39. The van der Waals surface area contributed by atoms with Crippen molar-refractivity contribution in [3.05, 3.63) is 57.7 Å². The Morgan fingerprint density at radius 3 is 2.46 bits per heavy atom. The molecule has 2 amide bonds. The van der Waals surface area contributed by atoms with Crippen LogP contribution in [-0.2, 0) is 9.59 Å². The van der Waals surface area contributed by atoms with Gasteiger partial charge in [-0.2, -0.15) is 0 Å². The first-order valence-electron chi connectivity index (χ1n) is 8.72. The van der Waals surface area contributed by atoms with Gasteiger partial charge < -0.3 is 14.8 Å². The van der Waals surface area contributed by atoms with Crippen molar-refractivity contribution >= 4 is 46.3 Å². The molecule has 28 heavy (non-hydrogen) atoms. The molecule has 0 radical (unpaired) electrons. The lowest BCUT2D eigenvalue weighted by molar-refractivity contribution is -0.136. The second kappa shape index (κ2) is 7.37. The van der Waals surface area contributed by atoms with Crippen LogP contribution in [0, 0.1) is 0 Å². The third kappa shape index (κ3) is 3.19. The largest absolute Gasteiger partial charge is 0.486 e. The van der Waals surface area contributed by atoms with Crippen molar-refractivity contribution < 1.29 is 19.1 Å². The summed E-state index contributed by atoms with van der Waals surface area (Å²) in [6.07, 6.45) is 0. The van der Waals surface area contributed by atoms with Crippen molar-refractivity contribution in [2.24, 2.45) is 0 Å². The highest BCUT2D eigenvalue weighted by Crippen LogP contribution is 2.37. The Hall–Kier alpha value is -2.70. The van der Waals surface area contributed by atoms with Crippen LogP contribution in [0.25, 0.3) is 5.57 Å². The van der Waals surface area contributed by atoms with E-state index in [-0.39, 0.29) is 17.8 Å². The van der Waals surface area contributed by atoms with Crippen LogP contribution in [-0.4, -0.2) is 36.5 Å². The van der Waals surface area contributed by atoms with E-state index in [1.54, 1.807) is 43.3 Å². The number of imide groups is 1. The van der Waals surface area contributed by atoms with Gasteiger partial charge in [-0.25, -0.2) is 0 Å². The summed E-state index contributed by atoms with van der Waals surface area (Å²) in [5.74, 6) is 0.392. The highest BCUT2D eigenvalue weighted by molar-refractivity contribution is 6.41. The van der Waals surface area contributed by atoms with Crippen molar-refractivity contribution in [1.82, 2.24) is 4.90 Å². The maximum Gasteiger partial charge on any atom is 0.278 e. The third-order valence-corrected chi connectivity index (χ3v) is 5.04. The van der Waals surface area contributed by atoms with Gasteiger partial charge in [0.1, 0.15) is 18.9 Å². The number of anilines is 1. The van der Waals surface area contributed by atoms with Gasteiger partial charge in [-0.3, -0.25) is 14.5 Å². The lowest BCUT2D eigenvalue weighted by Crippen LogP contribution is -2.32. The van der Waals surface area contributed by atoms with Crippen LogP contribution in [0.3, 0.4) is 0 Å². The van der Waals surface area contributed by atoms with Crippen molar-refractivity contribution in [2.45, 2.75) is 6.92 Å². The number of carbonyl (C=O) groups excluding carboxylic acids is 2. The summed E-state index contributed by atoms with van der Waals surface area (Å²) in [7, 11) is 0. The van der Waals surface area contributed by atoms with E-state index in [4.69, 9.17) is 32.7 Å². The fourth-order valence-corrected chi connectivity index (χ4v) is 3.69.